The minimum Gasteiger partial charge on any atom is -0.425 e. The lowest BCUT2D eigenvalue weighted by molar-refractivity contribution is 0.216. The van der Waals surface area contributed by atoms with E-state index in [2.05, 4.69) is 10.2 Å². The van der Waals surface area contributed by atoms with Gasteiger partial charge in [-0.05, 0) is 13.8 Å². The van der Waals surface area contributed by atoms with E-state index in [4.69, 9.17) is 13.5 Å². The Morgan fingerprint density at radius 3 is 2.12 bits per heavy atom. The maximum absolute atomic E-state index is 12.1. The third kappa shape index (κ3) is 3.70. The largest absolute Gasteiger partial charge is 0.425 e. The Balaban J connectivity index is 2.71. The van der Waals surface area contributed by atoms with Crippen molar-refractivity contribution in [1.29, 1.82) is 0 Å². The highest BCUT2D eigenvalue weighted by atomic mass is 31.2. The van der Waals surface area contributed by atoms with E-state index < -0.39 is 7.60 Å². The number of hydrogen-bond donors (Lipinski definition) is 0. The van der Waals surface area contributed by atoms with Crippen LogP contribution in [-0.4, -0.2) is 23.4 Å². The van der Waals surface area contributed by atoms with Crippen molar-refractivity contribution in [3.05, 3.63) is 11.8 Å². The van der Waals surface area contributed by atoms with Crippen molar-refractivity contribution in [2.75, 3.05) is 13.2 Å². The van der Waals surface area contributed by atoms with Gasteiger partial charge in [-0.25, -0.2) is 0 Å². The van der Waals surface area contributed by atoms with Crippen molar-refractivity contribution in [3.63, 3.8) is 0 Å². The van der Waals surface area contributed by atoms with Crippen LogP contribution in [0.4, 0.5) is 0 Å². The molecule has 7 heteroatoms. The molecule has 0 aliphatic carbocycles. The SMILES string of the molecule is CCOP(=O)(Cc1nnc(CC)o1)OCC. The molecule has 0 fully saturated rings. The van der Waals surface area contributed by atoms with Crippen LogP contribution in [-0.2, 0) is 26.2 Å². The number of nitrogens with zero attached hydrogens (tertiary/aromatic N) is 2. The fourth-order valence-electron chi connectivity index (χ4n) is 1.18. The molecule has 0 radical (unpaired) electrons. The quantitative estimate of drug-likeness (QED) is 0.690. The van der Waals surface area contributed by atoms with Crippen LogP contribution in [0, 0.1) is 0 Å². The number of aromatic nitrogens is 2. The molecule has 0 aromatic carbocycles. The standard InChI is InChI=1S/C9H17N2O4P/c1-4-8-10-11-9(15-8)7-16(12,13-5-2)14-6-3/h4-7H2,1-3H3. The fourth-order valence-corrected chi connectivity index (χ4v) is 2.69. The Hall–Kier alpha value is -0.710. The molecule has 92 valence electrons. The van der Waals surface area contributed by atoms with Crippen molar-refractivity contribution in [3.8, 4) is 0 Å². The second-order valence-electron chi connectivity index (χ2n) is 3.05. The zero-order valence-electron chi connectivity index (χ0n) is 9.80. The van der Waals surface area contributed by atoms with E-state index in [-0.39, 0.29) is 6.16 Å². The summed E-state index contributed by atoms with van der Waals surface area (Å²) in [6, 6.07) is 0. The monoisotopic (exact) mass is 248 g/mol. The van der Waals surface area contributed by atoms with Crippen LogP contribution in [0.25, 0.3) is 0 Å². The van der Waals surface area contributed by atoms with E-state index in [0.717, 1.165) is 0 Å². The van der Waals surface area contributed by atoms with Crippen LogP contribution in [0.1, 0.15) is 32.6 Å². The molecule has 0 saturated heterocycles. The summed E-state index contributed by atoms with van der Waals surface area (Å²) < 4.78 is 27.6. The van der Waals surface area contributed by atoms with Gasteiger partial charge in [-0.15, -0.1) is 10.2 Å². The molecular formula is C9H17N2O4P. The third-order valence-electron chi connectivity index (χ3n) is 1.79. The molecule has 0 spiro atoms. The van der Waals surface area contributed by atoms with Crippen LogP contribution < -0.4 is 0 Å². The summed E-state index contributed by atoms with van der Waals surface area (Å²) in [5.41, 5.74) is 0. The highest BCUT2D eigenvalue weighted by Gasteiger charge is 2.27. The number of rotatable bonds is 7. The van der Waals surface area contributed by atoms with Gasteiger partial charge in [0.15, 0.2) is 0 Å². The Bertz CT molecular complexity index is 356. The lowest BCUT2D eigenvalue weighted by Crippen LogP contribution is -1.99. The van der Waals surface area contributed by atoms with Crippen molar-refractivity contribution in [2.45, 2.75) is 33.4 Å². The van der Waals surface area contributed by atoms with E-state index >= 15 is 0 Å². The Morgan fingerprint density at radius 2 is 1.69 bits per heavy atom. The van der Waals surface area contributed by atoms with Crippen LogP contribution in [0.3, 0.4) is 0 Å². The predicted octanol–water partition coefficient (Wildman–Crippen LogP) is 2.40. The molecule has 0 N–H and O–H groups in total. The van der Waals surface area contributed by atoms with Crippen LogP contribution in [0.2, 0.25) is 0 Å². The van der Waals surface area contributed by atoms with Gasteiger partial charge in [-0.1, -0.05) is 6.92 Å². The van der Waals surface area contributed by atoms with Gasteiger partial charge in [0, 0.05) is 6.42 Å². The Kier molecular flexibility index (Phi) is 5.12. The Morgan fingerprint density at radius 1 is 1.12 bits per heavy atom. The summed E-state index contributed by atoms with van der Waals surface area (Å²) in [5.74, 6) is 0.816. The summed E-state index contributed by atoms with van der Waals surface area (Å²) in [7, 11) is -3.13. The van der Waals surface area contributed by atoms with Gasteiger partial charge in [-0.2, -0.15) is 0 Å². The molecule has 1 rings (SSSR count). The van der Waals surface area contributed by atoms with E-state index in [9.17, 15) is 4.57 Å². The topological polar surface area (TPSA) is 74.5 Å². The first kappa shape index (κ1) is 13.4. The summed E-state index contributed by atoms with van der Waals surface area (Å²) in [4.78, 5) is 0. The molecular weight excluding hydrogens is 231 g/mol. The highest BCUT2D eigenvalue weighted by molar-refractivity contribution is 7.52. The maximum atomic E-state index is 12.1. The van der Waals surface area contributed by atoms with Gasteiger partial charge < -0.3 is 13.5 Å². The molecule has 0 amide bonds. The molecule has 0 aliphatic rings. The molecule has 0 aliphatic heterocycles. The second-order valence-corrected chi connectivity index (χ2v) is 5.10. The minimum atomic E-state index is -3.13. The second kappa shape index (κ2) is 6.13. The third-order valence-corrected chi connectivity index (χ3v) is 3.75. The van der Waals surface area contributed by atoms with E-state index in [1.165, 1.54) is 0 Å². The molecule has 0 saturated carbocycles. The number of aryl methyl sites for hydroxylation is 1. The van der Waals surface area contributed by atoms with Gasteiger partial charge in [0.2, 0.25) is 11.8 Å². The molecule has 0 bridgehead atoms. The van der Waals surface area contributed by atoms with Crippen molar-refractivity contribution >= 4 is 7.60 Å². The smallest absolute Gasteiger partial charge is 0.339 e. The summed E-state index contributed by atoms with van der Waals surface area (Å²) in [5, 5.41) is 7.58. The highest BCUT2D eigenvalue weighted by Crippen LogP contribution is 2.50. The zero-order valence-corrected chi connectivity index (χ0v) is 10.7. The van der Waals surface area contributed by atoms with E-state index in [0.29, 0.717) is 31.4 Å². The Labute approximate surface area is 94.9 Å². The van der Waals surface area contributed by atoms with Crippen LogP contribution in [0.5, 0.6) is 0 Å². The molecule has 1 heterocycles. The first-order valence-corrected chi connectivity index (χ1v) is 7.05. The van der Waals surface area contributed by atoms with Crippen molar-refractivity contribution in [2.24, 2.45) is 0 Å². The molecule has 1 aromatic heterocycles. The van der Waals surface area contributed by atoms with Gasteiger partial charge >= 0.3 is 7.60 Å². The number of hydrogen-bond acceptors (Lipinski definition) is 6. The lowest BCUT2D eigenvalue weighted by Gasteiger charge is -2.14. The van der Waals surface area contributed by atoms with Crippen LogP contribution in [0.15, 0.2) is 4.42 Å². The van der Waals surface area contributed by atoms with Gasteiger partial charge in [0.1, 0.15) is 6.16 Å². The average molecular weight is 248 g/mol. The lowest BCUT2D eigenvalue weighted by atomic mass is 10.5. The minimum absolute atomic E-state index is 0.0294. The first-order valence-electron chi connectivity index (χ1n) is 5.33. The molecule has 0 atom stereocenters. The van der Waals surface area contributed by atoms with Gasteiger partial charge in [0.25, 0.3) is 0 Å². The van der Waals surface area contributed by atoms with Crippen molar-refractivity contribution in [1.82, 2.24) is 10.2 Å². The molecule has 16 heavy (non-hydrogen) atoms. The normalized spacial score (nSPS) is 11.9. The fraction of sp³-hybridized carbons (Fsp3) is 0.778. The van der Waals surface area contributed by atoms with Gasteiger partial charge in [-0.3, -0.25) is 4.57 Å². The van der Waals surface area contributed by atoms with Crippen molar-refractivity contribution < 1.29 is 18.0 Å². The molecule has 0 unspecified atom stereocenters. The van der Waals surface area contributed by atoms with E-state index in [1.54, 1.807) is 13.8 Å². The van der Waals surface area contributed by atoms with Gasteiger partial charge in [0.05, 0.1) is 13.2 Å². The van der Waals surface area contributed by atoms with E-state index in [1.807, 2.05) is 6.92 Å². The predicted molar refractivity (Wildman–Crippen MR) is 58.2 cm³/mol. The summed E-state index contributed by atoms with van der Waals surface area (Å²) in [6.45, 7) is 6.08. The molecule has 1 aromatic rings. The maximum Gasteiger partial charge on any atom is 0.339 e. The first-order chi connectivity index (χ1) is 7.63. The average Bonchev–Trinajstić information content (AvgIpc) is 2.65. The van der Waals surface area contributed by atoms with Crippen LogP contribution >= 0.6 is 7.60 Å². The molecule has 6 nitrogen and oxygen atoms in total. The zero-order chi connectivity index (χ0) is 12.0. The summed E-state index contributed by atoms with van der Waals surface area (Å²) in [6.07, 6.45) is 0.683. The summed E-state index contributed by atoms with van der Waals surface area (Å²) >= 11 is 0.